The van der Waals surface area contributed by atoms with Gasteiger partial charge < -0.3 is 14.8 Å². The normalized spacial score (nSPS) is 12.7. The van der Waals surface area contributed by atoms with Crippen molar-refractivity contribution in [1.82, 2.24) is 14.7 Å². The third-order valence-corrected chi connectivity index (χ3v) is 5.28. The van der Waals surface area contributed by atoms with Gasteiger partial charge in [-0.3, -0.25) is 10.1 Å². The monoisotopic (exact) mass is 390 g/mol. The standard InChI is InChI=1S/C17H18N4O5S/c1-26-11-6-8-12(9-7-11)27(24,25)21-15(10-22)16(23)20-17-18-13-4-2-3-5-14(13)19-17/h2-9,15,21-22H,10H2,1H3,(H2,18,19,20,23)/t15-/m0/s1. The van der Waals surface area contributed by atoms with Crippen molar-refractivity contribution in [2.75, 3.05) is 19.0 Å². The lowest BCUT2D eigenvalue weighted by Crippen LogP contribution is -2.46. The summed E-state index contributed by atoms with van der Waals surface area (Å²) in [5.41, 5.74) is 1.36. The van der Waals surface area contributed by atoms with E-state index in [1.165, 1.54) is 31.4 Å². The Hall–Kier alpha value is -2.95. The first-order valence-electron chi connectivity index (χ1n) is 7.96. The van der Waals surface area contributed by atoms with Crippen molar-refractivity contribution < 1.29 is 23.1 Å². The lowest BCUT2D eigenvalue weighted by Gasteiger charge is -2.15. The van der Waals surface area contributed by atoms with Gasteiger partial charge in [-0.05, 0) is 36.4 Å². The van der Waals surface area contributed by atoms with E-state index in [9.17, 15) is 18.3 Å². The highest BCUT2D eigenvalue weighted by atomic mass is 32.2. The third-order valence-electron chi connectivity index (χ3n) is 3.80. The van der Waals surface area contributed by atoms with Crippen molar-refractivity contribution in [3.63, 3.8) is 0 Å². The largest absolute Gasteiger partial charge is 0.497 e. The zero-order valence-corrected chi connectivity index (χ0v) is 15.2. The number of amides is 1. The van der Waals surface area contributed by atoms with E-state index in [0.717, 1.165) is 0 Å². The van der Waals surface area contributed by atoms with Crippen LogP contribution in [-0.4, -0.2) is 49.2 Å². The zero-order valence-electron chi connectivity index (χ0n) is 14.3. The Morgan fingerprint density at radius 2 is 1.93 bits per heavy atom. The van der Waals surface area contributed by atoms with Crippen LogP contribution in [-0.2, 0) is 14.8 Å². The number of para-hydroxylation sites is 2. The molecule has 10 heteroatoms. The highest BCUT2D eigenvalue weighted by Gasteiger charge is 2.26. The summed E-state index contributed by atoms with van der Waals surface area (Å²) in [6, 6.07) is 11.4. The number of aromatic amines is 1. The smallest absolute Gasteiger partial charge is 0.247 e. The molecule has 0 unspecified atom stereocenters. The van der Waals surface area contributed by atoms with Crippen molar-refractivity contribution in [2.24, 2.45) is 0 Å². The summed E-state index contributed by atoms with van der Waals surface area (Å²) in [6.45, 7) is -0.721. The minimum absolute atomic E-state index is 0.0571. The van der Waals surface area contributed by atoms with E-state index in [1.807, 2.05) is 6.07 Å². The fourth-order valence-corrected chi connectivity index (χ4v) is 3.59. The second-order valence-corrected chi connectivity index (χ2v) is 7.34. The average molecular weight is 390 g/mol. The van der Waals surface area contributed by atoms with Gasteiger partial charge in [0.15, 0.2) is 0 Å². The number of aromatic nitrogens is 2. The number of nitrogens with zero attached hydrogens (tertiary/aromatic N) is 1. The minimum Gasteiger partial charge on any atom is -0.497 e. The summed E-state index contributed by atoms with van der Waals surface area (Å²) < 4.78 is 32.0. The number of fused-ring (bicyclic) bond motifs is 1. The molecule has 0 saturated carbocycles. The summed E-state index contributed by atoms with van der Waals surface area (Å²) in [4.78, 5) is 19.4. The van der Waals surface area contributed by atoms with Crippen LogP contribution in [0.5, 0.6) is 5.75 Å². The molecule has 0 aliphatic carbocycles. The van der Waals surface area contributed by atoms with Crippen molar-refractivity contribution in [3.8, 4) is 5.75 Å². The number of aliphatic hydroxyl groups excluding tert-OH is 1. The Balaban J connectivity index is 1.73. The number of aliphatic hydroxyl groups is 1. The van der Waals surface area contributed by atoms with Gasteiger partial charge in [-0.15, -0.1) is 0 Å². The van der Waals surface area contributed by atoms with Gasteiger partial charge in [0.25, 0.3) is 0 Å². The lowest BCUT2D eigenvalue weighted by molar-refractivity contribution is -0.118. The number of hydrogen-bond donors (Lipinski definition) is 4. The van der Waals surface area contributed by atoms with Crippen LogP contribution in [0.3, 0.4) is 0 Å². The first-order chi connectivity index (χ1) is 12.9. The number of methoxy groups -OCH3 is 1. The van der Waals surface area contributed by atoms with E-state index in [2.05, 4.69) is 20.0 Å². The second-order valence-electron chi connectivity index (χ2n) is 5.62. The number of nitrogens with one attached hydrogen (secondary N) is 3. The summed E-state index contributed by atoms with van der Waals surface area (Å²) >= 11 is 0. The average Bonchev–Trinajstić information content (AvgIpc) is 3.08. The highest BCUT2D eigenvalue weighted by Crippen LogP contribution is 2.16. The van der Waals surface area contributed by atoms with Gasteiger partial charge in [-0.1, -0.05) is 12.1 Å². The molecule has 0 aliphatic rings. The maximum atomic E-state index is 12.4. The van der Waals surface area contributed by atoms with E-state index in [4.69, 9.17) is 4.74 Å². The first-order valence-corrected chi connectivity index (χ1v) is 9.44. The number of rotatable bonds is 7. The molecule has 142 valence electrons. The number of sulfonamides is 1. The van der Waals surface area contributed by atoms with Gasteiger partial charge in [0.1, 0.15) is 11.8 Å². The Bertz CT molecular complexity index is 1010. The molecule has 2 aromatic carbocycles. The molecule has 1 aromatic heterocycles. The molecule has 1 heterocycles. The number of hydrogen-bond acceptors (Lipinski definition) is 6. The first kappa shape index (κ1) is 18.8. The maximum Gasteiger partial charge on any atom is 0.247 e. The number of imidazole rings is 1. The Kier molecular flexibility index (Phi) is 5.40. The molecule has 1 amide bonds. The number of carbonyl (C=O) groups excluding carboxylic acids is 1. The summed E-state index contributed by atoms with van der Waals surface area (Å²) in [7, 11) is -2.55. The fourth-order valence-electron chi connectivity index (χ4n) is 2.40. The SMILES string of the molecule is COc1ccc(S(=O)(=O)N[C@@H](CO)C(=O)Nc2nc3ccccc3[nH]2)cc1. The van der Waals surface area contributed by atoms with Crippen molar-refractivity contribution in [3.05, 3.63) is 48.5 Å². The van der Waals surface area contributed by atoms with Crippen LogP contribution in [0.1, 0.15) is 0 Å². The number of benzene rings is 2. The van der Waals surface area contributed by atoms with Gasteiger partial charge in [-0.2, -0.15) is 4.72 Å². The predicted octanol–water partition coefficient (Wildman–Crippen LogP) is 0.849. The molecule has 1 atom stereocenters. The number of anilines is 1. The molecular formula is C17H18N4O5S. The summed E-state index contributed by atoms with van der Waals surface area (Å²) in [5, 5.41) is 11.9. The van der Waals surface area contributed by atoms with Gasteiger partial charge in [0.05, 0.1) is 29.6 Å². The number of H-pyrrole nitrogens is 1. The van der Waals surface area contributed by atoms with Crippen LogP contribution in [0, 0.1) is 0 Å². The predicted molar refractivity (Wildman–Crippen MR) is 98.9 cm³/mol. The molecular weight excluding hydrogens is 372 g/mol. The molecule has 3 rings (SSSR count). The molecule has 0 fully saturated rings. The molecule has 27 heavy (non-hydrogen) atoms. The Morgan fingerprint density at radius 3 is 2.56 bits per heavy atom. The van der Waals surface area contributed by atoms with E-state index in [1.54, 1.807) is 18.2 Å². The maximum absolute atomic E-state index is 12.4. The molecule has 0 aliphatic heterocycles. The fraction of sp³-hybridized carbons (Fsp3) is 0.176. The van der Waals surface area contributed by atoms with Crippen molar-refractivity contribution in [1.29, 1.82) is 0 Å². The van der Waals surface area contributed by atoms with Crippen molar-refractivity contribution >= 4 is 32.9 Å². The Morgan fingerprint density at radius 1 is 1.22 bits per heavy atom. The molecule has 0 saturated heterocycles. The van der Waals surface area contributed by atoms with Gasteiger partial charge in [0, 0.05) is 0 Å². The summed E-state index contributed by atoms with van der Waals surface area (Å²) in [6.07, 6.45) is 0. The zero-order chi connectivity index (χ0) is 19.4. The van der Waals surface area contributed by atoms with E-state index in [0.29, 0.717) is 16.8 Å². The summed E-state index contributed by atoms with van der Waals surface area (Å²) in [5.74, 6) is -0.0905. The minimum atomic E-state index is -4.02. The van der Waals surface area contributed by atoms with Gasteiger partial charge in [-0.25, -0.2) is 13.4 Å². The third kappa shape index (κ3) is 4.25. The molecule has 4 N–H and O–H groups in total. The Labute approximate surface area is 155 Å². The lowest BCUT2D eigenvalue weighted by atomic mass is 10.3. The van der Waals surface area contributed by atoms with Crippen molar-refractivity contribution in [2.45, 2.75) is 10.9 Å². The van der Waals surface area contributed by atoms with Crippen LogP contribution in [0.25, 0.3) is 11.0 Å². The van der Waals surface area contributed by atoms with E-state index in [-0.39, 0.29) is 10.8 Å². The molecule has 9 nitrogen and oxygen atoms in total. The molecule has 0 spiro atoms. The molecule has 0 bridgehead atoms. The highest BCUT2D eigenvalue weighted by molar-refractivity contribution is 7.89. The van der Waals surface area contributed by atoms with E-state index < -0.39 is 28.6 Å². The van der Waals surface area contributed by atoms with Crippen LogP contribution in [0.15, 0.2) is 53.4 Å². The van der Waals surface area contributed by atoms with Crippen LogP contribution < -0.4 is 14.8 Å². The number of ether oxygens (including phenoxy) is 1. The second kappa shape index (κ2) is 7.74. The van der Waals surface area contributed by atoms with Crippen LogP contribution in [0.4, 0.5) is 5.95 Å². The van der Waals surface area contributed by atoms with Gasteiger partial charge in [0.2, 0.25) is 21.9 Å². The van der Waals surface area contributed by atoms with Crippen LogP contribution in [0.2, 0.25) is 0 Å². The molecule has 3 aromatic rings. The van der Waals surface area contributed by atoms with E-state index >= 15 is 0 Å². The quantitative estimate of drug-likeness (QED) is 0.473. The topological polar surface area (TPSA) is 133 Å². The number of carbonyl (C=O) groups is 1. The van der Waals surface area contributed by atoms with Gasteiger partial charge >= 0.3 is 0 Å². The van der Waals surface area contributed by atoms with Crippen LogP contribution >= 0.6 is 0 Å². The molecule has 0 radical (unpaired) electrons.